The number of ether oxygens (including phenoxy) is 1. The number of amides is 2. The summed E-state index contributed by atoms with van der Waals surface area (Å²) in [7, 11) is 1.43. The molecular weight excluding hydrogens is 462 g/mol. The van der Waals surface area contributed by atoms with Crippen molar-refractivity contribution in [2.24, 2.45) is 0 Å². The van der Waals surface area contributed by atoms with Crippen LogP contribution in [-0.4, -0.2) is 47.5 Å². The Labute approximate surface area is 208 Å². The van der Waals surface area contributed by atoms with Crippen LogP contribution in [0.2, 0.25) is 0 Å². The first-order valence-corrected chi connectivity index (χ1v) is 12.0. The number of nitrogens with zero attached hydrogens (tertiary/aromatic N) is 2. The van der Waals surface area contributed by atoms with Gasteiger partial charge >= 0.3 is 0 Å². The Hall–Kier alpha value is -3.89. The van der Waals surface area contributed by atoms with Crippen LogP contribution in [-0.2, 0) is 24.3 Å². The molecule has 4 heterocycles. The summed E-state index contributed by atoms with van der Waals surface area (Å²) in [5.74, 6) is 0.441. The standard InChI is InChI=1S/C26H29N5O5/c1-35-22-15-23(32)31-12-11-30(26(34)20-14-19(28-29-20)17-6-3-2-4-7-17)10-9-21(31)24(22)25(33)27-16-18-8-5-13-36-18/h2-8,13,15,19-20,28-29H,9-12,14,16H2,1H3,(H,27,33). The van der Waals surface area contributed by atoms with E-state index in [9.17, 15) is 14.4 Å². The molecule has 2 amide bonds. The second-order valence-corrected chi connectivity index (χ2v) is 8.90. The van der Waals surface area contributed by atoms with E-state index in [0.29, 0.717) is 49.5 Å². The second kappa shape index (κ2) is 10.4. The Morgan fingerprint density at radius 1 is 1.11 bits per heavy atom. The third-order valence-corrected chi connectivity index (χ3v) is 6.76. The van der Waals surface area contributed by atoms with Gasteiger partial charge in [-0.25, -0.2) is 10.9 Å². The van der Waals surface area contributed by atoms with Crippen molar-refractivity contribution in [1.82, 2.24) is 25.6 Å². The summed E-state index contributed by atoms with van der Waals surface area (Å²) in [6, 6.07) is 14.5. The van der Waals surface area contributed by atoms with Crippen LogP contribution in [0.5, 0.6) is 5.75 Å². The van der Waals surface area contributed by atoms with Crippen LogP contribution in [0.4, 0.5) is 0 Å². The quantitative estimate of drug-likeness (QED) is 0.477. The molecule has 0 aliphatic carbocycles. The van der Waals surface area contributed by atoms with Gasteiger partial charge in [0.1, 0.15) is 23.1 Å². The lowest BCUT2D eigenvalue weighted by Gasteiger charge is -2.23. The summed E-state index contributed by atoms with van der Waals surface area (Å²) in [4.78, 5) is 41.1. The number of furan rings is 1. The van der Waals surface area contributed by atoms with E-state index in [1.807, 2.05) is 30.3 Å². The smallest absolute Gasteiger partial charge is 0.257 e. The largest absolute Gasteiger partial charge is 0.496 e. The van der Waals surface area contributed by atoms with Crippen molar-refractivity contribution >= 4 is 11.8 Å². The van der Waals surface area contributed by atoms with Gasteiger partial charge in [0.15, 0.2) is 0 Å². The van der Waals surface area contributed by atoms with Crippen molar-refractivity contribution in [3.8, 4) is 5.75 Å². The molecule has 1 aromatic carbocycles. The van der Waals surface area contributed by atoms with Crippen molar-refractivity contribution in [2.75, 3.05) is 20.2 Å². The highest BCUT2D eigenvalue weighted by molar-refractivity contribution is 5.98. The predicted octanol–water partition coefficient (Wildman–Crippen LogP) is 1.37. The summed E-state index contributed by atoms with van der Waals surface area (Å²) < 4.78 is 12.3. The summed E-state index contributed by atoms with van der Waals surface area (Å²) >= 11 is 0. The number of aromatic nitrogens is 1. The molecule has 10 nitrogen and oxygen atoms in total. The molecular formula is C26H29N5O5. The number of methoxy groups -OCH3 is 1. The van der Waals surface area contributed by atoms with Gasteiger partial charge in [-0.3, -0.25) is 14.4 Å². The lowest BCUT2D eigenvalue weighted by atomic mass is 10.0. The fraction of sp³-hybridized carbons (Fsp3) is 0.346. The van der Waals surface area contributed by atoms with Gasteiger partial charge < -0.3 is 23.9 Å². The molecule has 0 radical (unpaired) electrons. The van der Waals surface area contributed by atoms with Gasteiger partial charge in [0, 0.05) is 43.9 Å². The van der Waals surface area contributed by atoms with Gasteiger partial charge in [-0.15, -0.1) is 0 Å². The number of hydrazine groups is 1. The Morgan fingerprint density at radius 3 is 2.69 bits per heavy atom. The molecule has 10 heteroatoms. The number of hydrogen-bond acceptors (Lipinski definition) is 7. The van der Waals surface area contributed by atoms with Gasteiger partial charge in [-0.1, -0.05) is 30.3 Å². The zero-order valence-electron chi connectivity index (χ0n) is 20.0. The Kier molecular flexibility index (Phi) is 6.88. The molecule has 3 N–H and O–H groups in total. The van der Waals surface area contributed by atoms with Crippen LogP contribution in [0.3, 0.4) is 0 Å². The predicted molar refractivity (Wildman–Crippen MR) is 131 cm³/mol. The minimum absolute atomic E-state index is 0.0300. The van der Waals surface area contributed by atoms with Gasteiger partial charge in [0.25, 0.3) is 11.5 Å². The lowest BCUT2D eigenvalue weighted by molar-refractivity contribution is -0.133. The zero-order chi connectivity index (χ0) is 25.1. The van der Waals surface area contributed by atoms with E-state index in [0.717, 1.165) is 5.56 Å². The minimum atomic E-state index is -0.376. The Balaban J connectivity index is 1.32. The Bertz CT molecular complexity index is 1290. The molecule has 1 fully saturated rings. The number of pyridine rings is 1. The molecule has 2 aromatic heterocycles. The highest BCUT2D eigenvalue weighted by Gasteiger charge is 2.34. The first-order chi connectivity index (χ1) is 17.5. The molecule has 0 saturated carbocycles. The van der Waals surface area contributed by atoms with Crippen LogP contribution in [0.25, 0.3) is 0 Å². The van der Waals surface area contributed by atoms with Gasteiger partial charge in [0.2, 0.25) is 5.91 Å². The number of benzene rings is 1. The number of carbonyl (C=O) groups is 2. The molecule has 36 heavy (non-hydrogen) atoms. The maximum absolute atomic E-state index is 13.4. The fourth-order valence-electron chi connectivity index (χ4n) is 4.89. The number of hydrogen-bond donors (Lipinski definition) is 3. The van der Waals surface area contributed by atoms with Crippen molar-refractivity contribution in [3.63, 3.8) is 0 Å². The maximum atomic E-state index is 13.4. The zero-order valence-corrected chi connectivity index (χ0v) is 20.0. The Morgan fingerprint density at radius 2 is 1.94 bits per heavy atom. The van der Waals surface area contributed by atoms with Crippen LogP contribution in [0.15, 0.2) is 64.0 Å². The number of carbonyl (C=O) groups excluding carboxylic acids is 2. The SMILES string of the molecule is COc1cc(=O)n2c(c1C(=O)NCc1ccco1)CCN(C(=O)C1CC(c3ccccc3)NN1)CC2. The summed E-state index contributed by atoms with van der Waals surface area (Å²) in [6.45, 7) is 1.27. The lowest BCUT2D eigenvalue weighted by Crippen LogP contribution is -2.46. The van der Waals surface area contributed by atoms with Crippen molar-refractivity contribution in [2.45, 2.75) is 38.0 Å². The van der Waals surface area contributed by atoms with Crippen molar-refractivity contribution in [1.29, 1.82) is 0 Å². The highest BCUT2D eigenvalue weighted by atomic mass is 16.5. The van der Waals surface area contributed by atoms with Crippen LogP contribution < -0.4 is 26.5 Å². The van der Waals surface area contributed by atoms with E-state index >= 15 is 0 Å². The fourth-order valence-corrected chi connectivity index (χ4v) is 4.89. The van der Waals surface area contributed by atoms with E-state index in [4.69, 9.17) is 9.15 Å². The molecule has 2 unspecified atom stereocenters. The number of rotatable bonds is 6. The second-order valence-electron chi connectivity index (χ2n) is 8.90. The molecule has 2 aliphatic heterocycles. The van der Waals surface area contributed by atoms with Crippen molar-refractivity contribution in [3.05, 3.63) is 87.7 Å². The molecule has 1 saturated heterocycles. The molecule has 188 valence electrons. The summed E-state index contributed by atoms with van der Waals surface area (Å²) in [6.07, 6.45) is 2.52. The average Bonchev–Trinajstić information content (AvgIpc) is 3.56. The molecule has 0 bridgehead atoms. The van der Waals surface area contributed by atoms with Crippen molar-refractivity contribution < 1.29 is 18.7 Å². The number of fused-ring (bicyclic) bond motifs is 1. The maximum Gasteiger partial charge on any atom is 0.257 e. The van der Waals surface area contributed by atoms with E-state index in [2.05, 4.69) is 16.2 Å². The molecule has 5 rings (SSSR count). The van der Waals surface area contributed by atoms with E-state index in [1.54, 1.807) is 27.9 Å². The molecule has 0 spiro atoms. The normalized spacial score (nSPS) is 19.4. The van der Waals surface area contributed by atoms with Crippen LogP contribution >= 0.6 is 0 Å². The van der Waals surface area contributed by atoms with Crippen LogP contribution in [0, 0.1) is 0 Å². The molecule has 2 atom stereocenters. The van der Waals surface area contributed by atoms with Gasteiger partial charge in [-0.05, 0) is 24.1 Å². The summed E-state index contributed by atoms with van der Waals surface area (Å²) in [5, 5.41) is 2.84. The van der Waals surface area contributed by atoms with E-state index in [-0.39, 0.29) is 41.8 Å². The first kappa shape index (κ1) is 23.8. The third-order valence-electron chi connectivity index (χ3n) is 6.76. The molecule has 2 aliphatic rings. The number of nitrogens with one attached hydrogen (secondary N) is 3. The average molecular weight is 492 g/mol. The topological polar surface area (TPSA) is 118 Å². The van der Waals surface area contributed by atoms with E-state index in [1.165, 1.54) is 13.2 Å². The third kappa shape index (κ3) is 4.77. The summed E-state index contributed by atoms with van der Waals surface area (Å²) in [5.41, 5.74) is 8.08. The monoisotopic (exact) mass is 491 g/mol. The first-order valence-electron chi connectivity index (χ1n) is 12.0. The highest BCUT2D eigenvalue weighted by Crippen LogP contribution is 2.25. The molecule has 3 aromatic rings. The van der Waals surface area contributed by atoms with E-state index < -0.39 is 0 Å². The van der Waals surface area contributed by atoms with Gasteiger partial charge in [-0.2, -0.15) is 0 Å². The van der Waals surface area contributed by atoms with Gasteiger partial charge in [0.05, 0.1) is 19.9 Å². The van der Waals surface area contributed by atoms with Crippen LogP contribution in [0.1, 0.15) is 39.8 Å². The minimum Gasteiger partial charge on any atom is -0.496 e.